The largest absolute Gasteiger partial charge is 0.465 e. The molecule has 0 aliphatic heterocycles. The van der Waals surface area contributed by atoms with E-state index in [0.717, 1.165) is 11.3 Å². The number of esters is 2. The highest BCUT2D eigenvalue weighted by Gasteiger charge is 2.39. The van der Waals surface area contributed by atoms with Crippen LogP contribution in [-0.2, 0) is 23.9 Å². The van der Waals surface area contributed by atoms with Crippen LogP contribution in [0.25, 0.3) is 11.6 Å². The first-order chi connectivity index (χ1) is 14.4. The molecule has 158 valence electrons. The zero-order valence-electron chi connectivity index (χ0n) is 17.6. The monoisotopic (exact) mass is 410 g/mol. The van der Waals surface area contributed by atoms with Crippen molar-refractivity contribution in [3.63, 3.8) is 0 Å². The Kier molecular flexibility index (Phi) is 8.29. The molecule has 0 fully saturated rings. The Morgan fingerprint density at radius 3 is 2.03 bits per heavy atom. The van der Waals surface area contributed by atoms with E-state index >= 15 is 0 Å². The zero-order valence-corrected chi connectivity index (χ0v) is 17.6. The number of carbonyl (C=O) groups is 3. The maximum atomic E-state index is 13.3. The molecule has 0 saturated heterocycles. The van der Waals surface area contributed by atoms with Gasteiger partial charge >= 0.3 is 11.9 Å². The summed E-state index contributed by atoms with van der Waals surface area (Å²) in [5.41, 5.74) is 2.19. The number of aromatic nitrogens is 1. The number of rotatable bonds is 9. The minimum atomic E-state index is -1.71. The lowest BCUT2D eigenvalue weighted by atomic mass is 9.93. The topological polar surface area (TPSA) is 85.8 Å². The Labute approximate surface area is 176 Å². The Hall–Kier alpha value is -3.48. The number of Topliss-reactive ketones (excluding diaryl/α,β-unsaturated/α-hetero) is 1. The number of hydrogen-bond acceptors (Lipinski definition) is 7. The molecule has 1 heterocycles. The molecule has 2 rings (SSSR count). The van der Waals surface area contributed by atoms with Crippen LogP contribution in [0.3, 0.4) is 0 Å². The van der Waals surface area contributed by atoms with Gasteiger partial charge in [0.2, 0.25) is 5.92 Å². The molecule has 7 nitrogen and oxygen atoms in total. The predicted molar refractivity (Wildman–Crippen MR) is 115 cm³/mol. The van der Waals surface area contributed by atoms with Gasteiger partial charge in [-0.1, -0.05) is 18.2 Å². The van der Waals surface area contributed by atoms with Crippen molar-refractivity contribution in [3.8, 4) is 0 Å². The van der Waals surface area contributed by atoms with Crippen molar-refractivity contribution in [2.75, 3.05) is 32.2 Å². The fraction of sp³-hybridized carbons (Fsp3) is 0.304. The molecule has 0 spiro atoms. The van der Waals surface area contributed by atoms with Gasteiger partial charge in [0.15, 0.2) is 5.78 Å². The van der Waals surface area contributed by atoms with E-state index < -0.39 is 23.6 Å². The number of allylic oxidation sites excluding steroid dienone is 1. The standard InChI is InChI=1S/C23H26N2O5/c1-5-29-22(27)20(23(28)30-6-2)21(26)18(19-9-7-8-14-24-19)15-16-10-12-17(13-11-16)25(3)4/h7-15,20H,5-6H2,1-4H3. The van der Waals surface area contributed by atoms with Crippen LogP contribution in [0.1, 0.15) is 25.1 Å². The molecule has 1 aromatic carbocycles. The smallest absolute Gasteiger partial charge is 0.328 e. The van der Waals surface area contributed by atoms with E-state index in [0.29, 0.717) is 5.69 Å². The second-order valence-corrected chi connectivity index (χ2v) is 6.56. The average molecular weight is 410 g/mol. The van der Waals surface area contributed by atoms with Gasteiger partial charge in [-0.05, 0) is 49.8 Å². The van der Waals surface area contributed by atoms with Crippen LogP contribution in [0.15, 0.2) is 48.7 Å². The minimum absolute atomic E-state index is 0.0383. The quantitative estimate of drug-likeness (QED) is 0.357. The van der Waals surface area contributed by atoms with Crippen molar-refractivity contribution in [1.29, 1.82) is 0 Å². The summed E-state index contributed by atoms with van der Waals surface area (Å²) in [6.07, 6.45) is 3.14. The molecule has 30 heavy (non-hydrogen) atoms. The lowest BCUT2D eigenvalue weighted by molar-refractivity contribution is -0.162. The molecule has 0 radical (unpaired) electrons. The highest BCUT2D eigenvalue weighted by Crippen LogP contribution is 2.24. The van der Waals surface area contributed by atoms with E-state index in [4.69, 9.17) is 9.47 Å². The lowest BCUT2D eigenvalue weighted by Gasteiger charge is -2.16. The van der Waals surface area contributed by atoms with Gasteiger partial charge in [-0.2, -0.15) is 0 Å². The number of anilines is 1. The molecule has 0 aliphatic carbocycles. The van der Waals surface area contributed by atoms with Crippen molar-refractivity contribution in [2.24, 2.45) is 5.92 Å². The molecule has 0 aliphatic rings. The normalized spacial score (nSPS) is 11.2. The number of nitrogens with zero attached hydrogens (tertiary/aromatic N) is 2. The Balaban J connectivity index is 2.53. The van der Waals surface area contributed by atoms with Gasteiger partial charge < -0.3 is 14.4 Å². The summed E-state index contributed by atoms with van der Waals surface area (Å²) in [7, 11) is 3.86. The first kappa shape index (κ1) is 22.8. The summed E-state index contributed by atoms with van der Waals surface area (Å²) < 4.78 is 9.91. The second kappa shape index (κ2) is 10.9. The van der Waals surface area contributed by atoms with Crippen molar-refractivity contribution in [2.45, 2.75) is 13.8 Å². The molecule has 0 amide bonds. The van der Waals surface area contributed by atoms with Crippen molar-refractivity contribution in [1.82, 2.24) is 4.98 Å². The maximum Gasteiger partial charge on any atom is 0.328 e. The Morgan fingerprint density at radius 1 is 0.967 bits per heavy atom. The molecule has 0 N–H and O–H groups in total. The number of benzene rings is 1. The van der Waals surface area contributed by atoms with E-state index in [9.17, 15) is 14.4 Å². The van der Waals surface area contributed by atoms with Gasteiger partial charge in [-0.15, -0.1) is 0 Å². The van der Waals surface area contributed by atoms with Gasteiger partial charge in [0.1, 0.15) is 0 Å². The number of pyridine rings is 1. The van der Waals surface area contributed by atoms with Crippen molar-refractivity contribution < 1.29 is 23.9 Å². The van der Waals surface area contributed by atoms with Gasteiger partial charge in [-0.25, -0.2) is 0 Å². The summed E-state index contributed by atoms with van der Waals surface area (Å²) >= 11 is 0. The summed E-state index contributed by atoms with van der Waals surface area (Å²) in [5.74, 6) is -4.31. The number of carbonyl (C=O) groups excluding carboxylic acids is 3. The van der Waals surface area contributed by atoms with E-state index in [2.05, 4.69) is 4.98 Å². The first-order valence-corrected chi connectivity index (χ1v) is 9.67. The molecule has 1 aromatic heterocycles. The number of ketones is 1. The van der Waals surface area contributed by atoms with Crippen molar-refractivity contribution in [3.05, 3.63) is 59.9 Å². The Morgan fingerprint density at radius 2 is 1.57 bits per heavy atom. The molecule has 0 saturated carbocycles. The van der Waals surface area contributed by atoms with Gasteiger partial charge in [0.25, 0.3) is 0 Å². The van der Waals surface area contributed by atoms with Gasteiger partial charge in [-0.3, -0.25) is 19.4 Å². The van der Waals surface area contributed by atoms with Crippen LogP contribution in [-0.4, -0.2) is 50.0 Å². The predicted octanol–water partition coefficient (Wildman–Crippen LogP) is 3.00. The van der Waals surface area contributed by atoms with Crippen LogP contribution in [0.2, 0.25) is 0 Å². The highest BCUT2D eigenvalue weighted by atomic mass is 16.6. The van der Waals surface area contributed by atoms with Crippen LogP contribution < -0.4 is 4.90 Å². The van der Waals surface area contributed by atoms with E-state index in [1.165, 1.54) is 6.20 Å². The maximum absolute atomic E-state index is 13.3. The van der Waals surface area contributed by atoms with Crippen LogP contribution >= 0.6 is 0 Å². The third-order valence-electron chi connectivity index (χ3n) is 4.23. The number of ether oxygens (including phenoxy) is 2. The molecular formula is C23H26N2O5. The van der Waals surface area contributed by atoms with Crippen LogP contribution in [0.4, 0.5) is 5.69 Å². The SMILES string of the molecule is CCOC(=O)C(C(=O)OCC)C(=O)C(=Cc1ccc(N(C)C)cc1)c1ccccn1. The molecule has 0 atom stereocenters. The van der Waals surface area contributed by atoms with E-state index in [-0.39, 0.29) is 18.8 Å². The number of hydrogen-bond donors (Lipinski definition) is 0. The summed E-state index contributed by atoms with van der Waals surface area (Å²) in [6.45, 7) is 3.28. The third kappa shape index (κ3) is 5.76. The summed E-state index contributed by atoms with van der Waals surface area (Å²) in [5, 5.41) is 0. The fourth-order valence-corrected chi connectivity index (χ4v) is 2.75. The molecule has 0 bridgehead atoms. The minimum Gasteiger partial charge on any atom is -0.465 e. The highest BCUT2D eigenvalue weighted by molar-refractivity contribution is 6.35. The summed E-state index contributed by atoms with van der Waals surface area (Å²) in [6, 6.07) is 12.6. The van der Waals surface area contributed by atoms with Crippen LogP contribution in [0.5, 0.6) is 0 Å². The van der Waals surface area contributed by atoms with E-state index in [1.54, 1.807) is 38.1 Å². The molecule has 2 aromatic rings. The second-order valence-electron chi connectivity index (χ2n) is 6.56. The van der Waals surface area contributed by atoms with Gasteiger partial charge in [0, 0.05) is 31.6 Å². The zero-order chi connectivity index (χ0) is 22.1. The Bertz CT molecular complexity index is 887. The van der Waals surface area contributed by atoms with E-state index in [1.807, 2.05) is 43.3 Å². The first-order valence-electron chi connectivity index (χ1n) is 9.67. The average Bonchev–Trinajstić information content (AvgIpc) is 2.73. The molecule has 0 unspecified atom stereocenters. The van der Waals surface area contributed by atoms with Crippen molar-refractivity contribution >= 4 is 35.1 Å². The van der Waals surface area contributed by atoms with Crippen LogP contribution in [0, 0.1) is 5.92 Å². The third-order valence-corrected chi connectivity index (χ3v) is 4.23. The molecule has 7 heteroatoms. The van der Waals surface area contributed by atoms with Gasteiger partial charge in [0.05, 0.1) is 18.9 Å². The fourth-order valence-electron chi connectivity index (χ4n) is 2.75. The molecular weight excluding hydrogens is 384 g/mol. The lowest BCUT2D eigenvalue weighted by Crippen LogP contribution is -2.35. The summed E-state index contributed by atoms with van der Waals surface area (Å²) in [4.78, 5) is 44.3.